The number of anilines is 1. The van der Waals surface area contributed by atoms with Gasteiger partial charge in [-0.05, 0) is 68.5 Å². The maximum Gasteiger partial charge on any atom is 0.311 e. The fourth-order valence-corrected chi connectivity index (χ4v) is 5.21. The Balaban J connectivity index is 1.41. The topological polar surface area (TPSA) is 107 Å². The van der Waals surface area contributed by atoms with Gasteiger partial charge < -0.3 is 4.74 Å². The van der Waals surface area contributed by atoms with E-state index in [1.807, 2.05) is 20.1 Å². The number of aryl methyl sites for hydroxylation is 2. The third-order valence-corrected chi connectivity index (χ3v) is 7.96. The maximum absolute atomic E-state index is 12.8. The number of sulfonamides is 1. The molecule has 4 rings (SSSR count). The molecule has 0 aliphatic rings. The number of nitrogens with zero attached hydrogens (tertiary/aromatic N) is 5. The zero-order valence-corrected chi connectivity index (χ0v) is 21.4. The van der Waals surface area contributed by atoms with Crippen LogP contribution in [0.1, 0.15) is 23.4 Å². The van der Waals surface area contributed by atoms with Crippen LogP contribution in [-0.2, 0) is 21.2 Å². The number of hydrogen-bond acceptors (Lipinski definition) is 8. The van der Waals surface area contributed by atoms with Gasteiger partial charge in [0.05, 0.1) is 17.0 Å². The van der Waals surface area contributed by atoms with Crippen molar-refractivity contribution in [3.05, 3.63) is 71.5 Å². The summed E-state index contributed by atoms with van der Waals surface area (Å²) in [6.45, 7) is 3.82. The fourth-order valence-electron chi connectivity index (χ4n) is 3.66. The molecule has 0 aliphatic carbocycles. The molecule has 4 aromatic rings. The lowest BCUT2D eigenvalue weighted by molar-refractivity contribution is -0.134. The molecule has 0 radical (unpaired) electrons. The van der Waals surface area contributed by atoms with Crippen LogP contribution in [0.15, 0.2) is 64.6 Å². The predicted molar refractivity (Wildman–Crippen MR) is 134 cm³/mol. The third-order valence-electron chi connectivity index (χ3n) is 5.62. The molecule has 2 heterocycles. The van der Waals surface area contributed by atoms with E-state index in [1.54, 1.807) is 59.1 Å². The second-order valence-corrected chi connectivity index (χ2v) is 10.6. The zero-order valence-electron chi connectivity index (χ0n) is 19.8. The first-order chi connectivity index (χ1) is 16.7. The fraction of sp³-hybridized carbons (Fsp3) is 0.250. The van der Waals surface area contributed by atoms with Gasteiger partial charge in [-0.25, -0.2) is 17.9 Å². The molecule has 0 aliphatic heterocycles. The summed E-state index contributed by atoms with van der Waals surface area (Å²) in [4.78, 5) is 21.6. The summed E-state index contributed by atoms with van der Waals surface area (Å²) in [6, 6.07) is 14.6. The van der Waals surface area contributed by atoms with Crippen molar-refractivity contribution >= 4 is 39.2 Å². The normalized spacial score (nSPS) is 11.5. The van der Waals surface area contributed by atoms with Gasteiger partial charge in [-0.1, -0.05) is 30.0 Å². The van der Waals surface area contributed by atoms with E-state index in [9.17, 15) is 13.2 Å². The van der Waals surface area contributed by atoms with E-state index in [2.05, 4.69) is 15.1 Å². The maximum atomic E-state index is 12.8. The molecule has 35 heavy (non-hydrogen) atoms. The number of benzene rings is 2. The molecule has 0 unspecified atom stereocenters. The van der Waals surface area contributed by atoms with E-state index >= 15 is 0 Å². The van der Waals surface area contributed by atoms with Crippen molar-refractivity contribution in [1.82, 2.24) is 19.6 Å². The Hall–Kier alpha value is -3.44. The highest BCUT2D eigenvalue weighted by Crippen LogP contribution is 2.25. The second kappa shape index (κ2) is 10.0. The molecule has 0 atom stereocenters. The van der Waals surface area contributed by atoms with Crippen LogP contribution in [0.25, 0.3) is 5.78 Å². The van der Waals surface area contributed by atoms with E-state index in [4.69, 9.17) is 4.74 Å². The SMILES string of the molecule is CSc1nc2nc(C)c(CCC(=O)Oc3ccc(N(C)S(=O)(=O)c4ccccc4)cc3)c(C)n2n1. The molecule has 0 N–H and O–H groups in total. The van der Waals surface area contributed by atoms with Crippen LogP contribution in [0.4, 0.5) is 5.69 Å². The van der Waals surface area contributed by atoms with Crippen LogP contribution in [0.2, 0.25) is 0 Å². The molecule has 0 saturated heterocycles. The molecule has 0 saturated carbocycles. The first-order valence-corrected chi connectivity index (χ1v) is 13.5. The quantitative estimate of drug-likeness (QED) is 0.200. The molecule has 182 valence electrons. The lowest BCUT2D eigenvalue weighted by Crippen LogP contribution is -2.26. The monoisotopic (exact) mass is 511 g/mol. The number of ether oxygens (including phenoxy) is 1. The standard InChI is InChI=1S/C24H25N5O4S2/c1-16-21(17(2)29-23(25-16)26-24(27-29)34-4)14-15-22(30)33-19-12-10-18(11-13-19)28(3)35(31,32)20-8-6-5-7-9-20/h5-13H,14-15H2,1-4H3. The Bertz CT molecular complexity index is 1470. The van der Waals surface area contributed by atoms with Crippen LogP contribution in [0, 0.1) is 13.8 Å². The van der Waals surface area contributed by atoms with E-state index in [1.165, 1.54) is 23.1 Å². The Morgan fingerprint density at radius 1 is 1.06 bits per heavy atom. The van der Waals surface area contributed by atoms with Crippen LogP contribution in [-0.4, -0.2) is 47.3 Å². The summed E-state index contributed by atoms with van der Waals surface area (Å²) in [6.07, 6.45) is 2.51. The Labute approximate surface area is 208 Å². The van der Waals surface area contributed by atoms with Crippen molar-refractivity contribution in [2.45, 2.75) is 36.7 Å². The number of esters is 1. The van der Waals surface area contributed by atoms with Gasteiger partial charge in [-0.3, -0.25) is 9.10 Å². The molecule has 2 aromatic heterocycles. The van der Waals surface area contributed by atoms with Gasteiger partial charge in [0.1, 0.15) is 5.75 Å². The van der Waals surface area contributed by atoms with Crippen molar-refractivity contribution in [2.24, 2.45) is 0 Å². The number of hydrogen-bond donors (Lipinski definition) is 0. The lowest BCUT2D eigenvalue weighted by atomic mass is 10.1. The highest BCUT2D eigenvalue weighted by Gasteiger charge is 2.21. The van der Waals surface area contributed by atoms with Gasteiger partial charge in [0, 0.05) is 18.4 Å². The van der Waals surface area contributed by atoms with E-state index in [-0.39, 0.29) is 11.3 Å². The highest BCUT2D eigenvalue weighted by atomic mass is 32.2. The minimum absolute atomic E-state index is 0.156. The lowest BCUT2D eigenvalue weighted by Gasteiger charge is -2.19. The number of aromatic nitrogens is 4. The summed E-state index contributed by atoms with van der Waals surface area (Å²) >= 11 is 1.44. The van der Waals surface area contributed by atoms with Crippen molar-refractivity contribution in [1.29, 1.82) is 0 Å². The van der Waals surface area contributed by atoms with Crippen LogP contribution < -0.4 is 9.04 Å². The van der Waals surface area contributed by atoms with Gasteiger partial charge in [0.15, 0.2) is 0 Å². The van der Waals surface area contributed by atoms with Crippen LogP contribution >= 0.6 is 11.8 Å². The average molecular weight is 512 g/mol. The van der Waals surface area contributed by atoms with Gasteiger partial charge in [0.25, 0.3) is 15.8 Å². The van der Waals surface area contributed by atoms with Crippen LogP contribution in [0.3, 0.4) is 0 Å². The van der Waals surface area contributed by atoms with Gasteiger partial charge in [-0.2, -0.15) is 4.98 Å². The molecule has 0 fully saturated rings. The van der Waals surface area contributed by atoms with Crippen molar-refractivity contribution in [2.75, 3.05) is 17.6 Å². The number of thioether (sulfide) groups is 1. The van der Waals surface area contributed by atoms with Gasteiger partial charge >= 0.3 is 5.97 Å². The minimum Gasteiger partial charge on any atom is -0.427 e. The first-order valence-electron chi connectivity index (χ1n) is 10.8. The number of fused-ring (bicyclic) bond motifs is 1. The Morgan fingerprint density at radius 3 is 2.40 bits per heavy atom. The largest absolute Gasteiger partial charge is 0.427 e. The molecule has 2 aromatic carbocycles. The number of carbonyl (C=O) groups excluding carboxylic acids is 1. The molecular formula is C24H25N5O4S2. The van der Waals surface area contributed by atoms with Gasteiger partial charge in [-0.15, -0.1) is 5.10 Å². The van der Waals surface area contributed by atoms with Crippen molar-refractivity contribution in [3.63, 3.8) is 0 Å². The molecule has 11 heteroatoms. The summed E-state index contributed by atoms with van der Waals surface area (Å²) in [5.41, 5.74) is 3.07. The average Bonchev–Trinajstić information content (AvgIpc) is 3.28. The van der Waals surface area contributed by atoms with E-state index < -0.39 is 16.0 Å². The number of carbonyl (C=O) groups is 1. The summed E-state index contributed by atoms with van der Waals surface area (Å²) in [7, 11) is -2.20. The predicted octanol–water partition coefficient (Wildman–Crippen LogP) is 3.83. The molecule has 0 bridgehead atoms. The third kappa shape index (κ3) is 5.15. The molecule has 0 amide bonds. The Kier molecular flexibility index (Phi) is 7.08. The van der Waals surface area contributed by atoms with Crippen LogP contribution in [0.5, 0.6) is 5.75 Å². The summed E-state index contributed by atoms with van der Waals surface area (Å²) in [5, 5.41) is 5.07. The smallest absolute Gasteiger partial charge is 0.311 e. The number of rotatable bonds is 8. The summed E-state index contributed by atoms with van der Waals surface area (Å²) in [5.74, 6) is 0.479. The van der Waals surface area contributed by atoms with E-state index in [0.717, 1.165) is 17.0 Å². The molecular weight excluding hydrogens is 486 g/mol. The highest BCUT2D eigenvalue weighted by molar-refractivity contribution is 7.98. The molecule has 9 nitrogen and oxygen atoms in total. The summed E-state index contributed by atoms with van der Waals surface area (Å²) < 4.78 is 33.9. The van der Waals surface area contributed by atoms with Crippen molar-refractivity contribution in [3.8, 4) is 5.75 Å². The first kappa shape index (κ1) is 24.7. The Morgan fingerprint density at radius 2 is 1.74 bits per heavy atom. The zero-order chi connectivity index (χ0) is 25.2. The van der Waals surface area contributed by atoms with Gasteiger partial charge in [0.2, 0.25) is 5.16 Å². The van der Waals surface area contributed by atoms with E-state index in [0.29, 0.717) is 28.8 Å². The second-order valence-electron chi connectivity index (χ2n) is 7.83. The van der Waals surface area contributed by atoms with Crippen molar-refractivity contribution < 1.29 is 17.9 Å². The minimum atomic E-state index is -3.68. The molecule has 0 spiro atoms.